The van der Waals surface area contributed by atoms with Gasteiger partial charge >= 0.3 is 0 Å². The Bertz CT molecular complexity index is 764. The number of hydrogen-bond acceptors (Lipinski definition) is 4. The average Bonchev–Trinajstić information content (AvgIpc) is 2.68. The van der Waals surface area contributed by atoms with Crippen LogP contribution in [-0.4, -0.2) is 39.8 Å². The van der Waals surface area contributed by atoms with Crippen molar-refractivity contribution in [2.24, 2.45) is 10.7 Å². The quantitative estimate of drug-likeness (QED) is 0.212. The number of halogens is 1. The Balaban J connectivity index is 0.00000420. The second kappa shape index (κ2) is 13.1. The van der Waals surface area contributed by atoms with E-state index in [4.69, 9.17) is 15.2 Å². The molecule has 0 aromatic heterocycles. The summed E-state index contributed by atoms with van der Waals surface area (Å²) in [4.78, 5) is 6.53. The maximum atomic E-state index is 6.06. The topological polar surface area (TPSA) is 72.1 Å². The summed E-state index contributed by atoms with van der Waals surface area (Å²) in [5.41, 5.74) is 9.33. The van der Waals surface area contributed by atoms with Gasteiger partial charge in [-0.05, 0) is 56.5 Å². The van der Waals surface area contributed by atoms with Crippen molar-refractivity contribution >= 4 is 41.3 Å². The fourth-order valence-corrected chi connectivity index (χ4v) is 2.77. The average molecular weight is 512 g/mol. The Morgan fingerprint density at radius 2 is 1.72 bits per heavy atom. The van der Waals surface area contributed by atoms with E-state index in [0.717, 1.165) is 30.0 Å². The summed E-state index contributed by atoms with van der Waals surface area (Å²) in [7, 11) is 4.08. The Hall–Kier alpha value is -2.16. The maximum Gasteiger partial charge on any atom is 0.193 e. The van der Waals surface area contributed by atoms with E-state index in [2.05, 4.69) is 39.5 Å². The molecule has 0 saturated carbocycles. The molecule has 0 fully saturated rings. The Morgan fingerprint density at radius 1 is 1.03 bits per heavy atom. The second-order valence-electron chi connectivity index (χ2n) is 6.58. The second-order valence-corrected chi connectivity index (χ2v) is 6.58. The minimum absolute atomic E-state index is 0. The monoisotopic (exact) mass is 512 g/mol. The van der Waals surface area contributed by atoms with Crippen molar-refractivity contribution in [1.29, 1.82) is 0 Å². The number of rotatable bonds is 10. The van der Waals surface area contributed by atoms with Gasteiger partial charge in [-0.1, -0.05) is 12.1 Å². The van der Waals surface area contributed by atoms with E-state index >= 15 is 0 Å². The Labute approximate surface area is 191 Å². The van der Waals surface area contributed by atoms with Gasteiger partial charge in [0.05, 0.1) is 18.9 Å². The molecule has 2 aromatic carbocycles. The van der Waals surface area contributed by atoms with Gasteiger partial charge in [0.2, 0.25) is 0 Å². The summed E-state index contributed by atoms with van der Waals surface area (Å²) in [6.07, 6.45) is 1.90. The van der Waals surface area contributed by atoms with Crippen LogP contribution >= 0.6 is 24.0 Å². The molecule has 3 N–H and O–H groups in total. The molecular weight excluding hydrogens is 479 g/mol. The van der Waals surface area contributed by atoms with E-state index in [0.29, 0.717) is 25.7 Å². The predicted octanol–water partition coefficient (Wildman–Crippen LogP) is 4.53. The molecule has 7 heteroatoms. The highest BCUT2D eigenvalue weighted by Gasteiger charge is 2.07. The molecule has 0 radical (unpaired) electrons. The number of nitrogens with one attached hydrogen (secondary N) is 1. The first-order valence-electron chi connectivity index (χ1n) is 9.76. The zero-order valence-electron chi connectivity index (χ0n) is 17.8. The summed E-state index contributed by atoms with van der Waals surface area (Å²) < 4.78 is 11.2. The molecule has 2 aromatic rings. The first-order valence-corrected chi connectivity index (χ1v) is 9.76. The van der Waals surface area contributed by atoms with Crippen molar-refractivity contribution in [1.82, 2.24) is 0 Å². The molecule has 160 valence electrons. The van der Waals surface area contributed by atoms with Crippen LogP contribution in [0.2, 0.25) is 0 Å². The fraction of sp³-hybridized carbons (Fsp3) is 0.409. The van der Waals surface area contributed by atoms with Crippen LogP contribution in [0.1, 0.15) is 25.8 Å². The Kier molecular flexibility index (Phi) is 11.3. The number of ether oxygens (including phenoxy) is 2. The molecule has 0 unspecified atom stereocenters. The van der Waals surface area contributed by atoms with E-state index in [1.165, 1.54) is 11.3 Å². The van der Waals surface area contributed by atoms with Gasteiger partial charge in [0.15, 0.2) is 5.96 Å². The Morgan fingerprint density at radius 3 is 2.34 bits per heavy atom. The van der Waals surface area contributed by atoms with E-state index in [9.17, 15) is 0 Å². The molecule has 0 aliphatic rings. The third-order valence-electron chi connectivity index (χ3n) is 4.18. The van der Waals surface area contributed by atoms with Crippen LogP contribution in [0.3, 0.4) is 0 Å². The number of hydrogen-bond donors (Lipinski definition) is 2. The van der Waals surface area contributed by atoms with Gasteiger partial charge in [-0.3, -0.25) is 4.99 Å². The first kappa shape index (κ1) is 24.9. The van der Waals surface area contributed by atoms with Gasteiger partial charge in [-0.25, -0.2) is 0 Å². The number of aliphatic imine (C=N–C) groups is 1. The van der Waals surface area contributed by atoms with Crippen LogP contribution in [-0.2, 0) is 6.42 Å². The van der Waals surface area contributed by atoms with Crippen molar-refractivity contribution in [3.8, 4) is 11.5 Å². The van der Waals surface area contributed by atoms with Crippen LogP contribution in [0, 0.1) is 0 Å². The fourth-order valence-electron chi connectivity index (χ4n) is 2.77. The number of guanidine groups is 1. The number of nitrogens with two attached hydrogens (primary N) is 1. The molecule has 0 aliphatic carbocycles. The van der Waals surface area contributed by atoms with Crippen molar-refractivity contribution in [2.75, 3.05) is 44.1 Å². The van der Waals surface area contributed by atoms with Gasteiger partial charge in [0.1, 0.15) is 11.5 Å². The van der Waals surface area contributed by atoms with Crippen LogP contribution in [0.4, 0.5) is 11.4 Å². The van der Waals surface area contributed by atoms with E-state index in [1.54, 1.807) is 0 Å². The van der Waals surface area contributed by atoms with E-state index in [-0.39, 0.29) is 24.0 Å². The zero-order valence-corrected chi connectivity index (χ0v) is 20.1. The molecule has 6 nitrogen and oxygen atoms in total. The smallest absolute Gasteiger partial charge is 0.193 e. The third-order valence-corrected chi connectivity index (χ3v) is 4.18. The molecule has 2 rings (SSSR count). The normalized spacial score (nSPS) is 10.8. The molecule has 0 saturated heterocycles. The van der Waals surface area contributed by atoms with Crippen molar-refractivity contribution in [3.05, 3.63) is 48.0 Å². The van der Waals surface area contributed by atoms with Gasteiger partial charge in [0.25, 0.3) is 0 Å². The lowest BCUT2D eigenvalue weighted by Crippen LogP contribution is -2.23. The molecule has 0 heterocycles. The molecule has 0 spiro atoms. The first-order chi connectivity index (χ1) is 13.5. The molecule has 29 heavy (non-hydrogen) atoms. The molecule has 0 amide bonds. The lowest BCUT2D eigenvalue weighted by Gasteiger charge is -2.14. The van der Waals surface area contributed by atoms with Crippen LogP contribution in [0.5, 0.6) is 11.5 Å². The number of nitrogens with zero attached hydrogens (tertiary/aromatic N) is 2. The van der Waals surface area contributed by atoms with Crippen LogP contribution < -0.4 is 25.4 Å². The van der Waals surface area contributed by atoms with Gasteiger partial charge < -0.3 is 25.4 Å². The van der Waals surface area contributed by atoms with Crippen LogP contribution in [0.25, 0.3) is 0 Å². The summed E-state index contributed by atoms with van der Waals surface area (Å²) in [6.45, 7) is 5.73. The van der Waals surface area contributed by atoms with Crippen molar-refractivity contribution in [3.63, 3.8) is 0 Å². The maximum absolute atomic E-state index is 6.06. The highest BCUT2D eigenvalue weighted by atomic mass is 127. The minimum Gasteiger partial charge on any atom is -0.494 e. The predicted molar refractivity (Wildman–Crippen MR) is 133 cm³/mol. The molecule has 0 atom stereocenters. The summed E-state index contributed by atoms with van der Waals surface area (Å²) in [5.74, 6) is 1.87. The standard InChI is InChI=1S/C22H32N4O2.HI/c1-5-27-19-13-14-21(28-6-2)20(16-19)25-22(23)24-15-7-8-17-9-11-18(12-10-17)26(3)4;/h9-14,16H,5-8,15H2,1-4H3,(H3,23,24,25);1H. The number of aryl methyl sites for hydroxylation is 1. The SMILES string of the molecule is CCOc1ccc(OCC)c(NC(N)=NCCCc2ccc(N(C)C)cc2)c1.I. The van der Waals surface area contributed by atoms with E-state index < -0.39 is 0 Å². The molecular formula is C22H33IN4O2. The lowest BCUT2D eigenvalue weighted by molar-refractivity contribution is 0.332. The lowest BCUT2D eigenvalue weighted by atomic mass is 10.1. The van der Waals surface area contributed by atoms with Gasteiger partial charge in [-0.2, -0.15) is 0 Å². The summed E-state index contributed by atoms with van der Waals surface area (Å²) in [5, 5.41) is 3.13. The highest BCUT2D eigenvalue weighted by molar-refractivity contribution is 14.0. The largest absolute Gasteiger partial charge is 0.494 e. The third kappa shape index (κ3) is 8.39. The highest BCUT2D eigenvalue weighted by Crippen LogP contribution is 2.29. The zero-order chi connectivity index (χ0) is 20.4. The van der Waals surface area contributed by atoms with Gasteiger partial charge in [-0.15, -0.1) is 24.0 Å². The van der Waals surface area contributed by atoms with Crippen LogP contribution in [0.15, 0.2) is 47.5 Å². The summed E-state index contributed by atoms with van der Waals surface area (Å²) in [6, 6.07) is 14.2. The summed E-state index contributed by atoms with van der Waals surface area (Å²) >= 11 is 0. The van der Waals surface area contributed by atoms with Crippen molar-refractivity contribution < 1.29 is 9.47 Å². The van der Waals surface area contributed by atoms with Crippen molar-refractivity contribution in [2.45, 2.75) is 26.7 Å². The van der Waals surface area contributed by atoms with Gasteiger partial charge in [0, 0.05) is 32.4 Å². The number of benzene rings is 2. The minimum atomic E-state index is 0. The van der Waals surface area contributed by atoms with E-state index in [1.807, 2.05) is 46.1 Å². The molecule has 0 bridgehead atoms. The molecule has 0 aliphatic heterocycles. The number of anilines is 2.